The van der Waals surface area contributed by atoms with Crippen LogP contribution in [-0.2, 0) is 6.42 Å². The second-order valence-corrected chi connectivity index (χ2v) is 5.78. The van der Waals surface area contributed by atoms with Crippen LogP contribution in [0.4, 0.5) is 0 Å². The first kappa shape index (κ1) is 13.3. The molecular weight excluding hydrogens is 312 g/mol. The summed E-state index contributed by atoms with van der Waals surface area (Å²) in [5, 5.41) is 1.15. The molecule has 0 aliphatic heterocycles. The number of nitrogens with two attached hydrogens (primary N) is 1. The topological polar surface area (TPSA) is 38.9 Å². The van der Waals surface area contributed by atoms with Gasteiger partial charge in [-0.25, -0.2) is 0 Å². The molecule has 2 aromatic carbocycles. The average molecular weight is 327 g/mol. The van der Waals surface area contributed by atoms with Crippen molar-refractivity contribution in [2.24, 2.45) is 5.73 Å². The monoisotopic (exact) mass is 326 g/mol. The lowest BCUT2D eigenvalue weighted by molar-refractivity contribution is 0.700. The van der Waals surface area contributed by atoms with Crippen molar-refractivity contribution in [3.05, 3.63) is 76.4 Å². The molecule has 2 nitrogen and oxygen atoms in total. The van der Waals surface area contributed by atoms with Crippen LogP contribution in [0.5, 0.6) is 0 Å². The molecule has 3 heteroatoms. The van der Waals surface area contributed by atoms with Crippen LogP contribution in [0.15, 0.2) is 65.1 Å². The maximum atomic E-state index is 6.28. The zero-order chi connectivity index (χ0) is 13.9. The van der Waals surface area contributed by atoms with Gasteiger partial charge in [-0.3, -0.25) is 4.98 Å². The highest BCUT2D eigenvalue weighted by Gasteiger charge is 2.09. The maximum absolute atomic E-state index is 6.28. The van der Waals surface area contributed by atoms with E-state index >= 15 is 0 Å². The Morgan fingerprint density at radius 2 is 1.70 bits per heavy atom. The highest BCUT2D eigenvalue weighted by Crippen LogP contribution is 2.19. The Kier molecular flexibility index (Phi) is 3.81. The number of benzene rings is 2. The fourth-order valence-corrected chi connectivity index (χ4v) is 2.53. The van der Waals surface area contributed by atoms with E-state index in [1.165, 1.54) is 5.56 Å². The molecule has 0 saturated heterocycles. The SMILES string of the molecule is NC(Cc1ccc(Br)cc1)c1ccc2ccccc2n1. The number of aromatic nitrogens is 1. The van der Waals surface area contributed by atoms with Crippen LogP contribution < -0.4 is 5.73 Å². The highest BCUT2D eigenvalue weighted by molar-refractivity contribution is 9.10. The van der Waals surface area contributed by atoms with E-state index in [0.717, 1.165) is 27.5 Å². The predicted octanol–water partition coefficient (Wildman–Crippen LogP) is 4.24. The molecule has 3 aromatic rings. The van der Waals surface area contributed by atoms with Gasteiger partial charge in [0.05, 0.1) is 17.3 Å². The van der Waals surface area contributed by atoms with Crippen LogP contribution in [0.1, 0.15) is 17.3 Å². The Morgan fingerprint density at radius 3 is 2.50 bits per heavy atom. The van der Waals surface area contributed by atoms with Crippen LogP contribution in [0, 0.1) is 0 Å². The summed E-state index contributed by atoms with van der Waals surface area (Å²) in [6.45, 7) is 0. The molecule has 1 aromatic heterocycles. The van der Waals surface area contributed by atoms with Crippen LogP contribution in [0.3, 0.4) is 0 Å². The van der Waals surface area contributed by atoms with Crippen molar-refractivity contribution in [2.45, 2.75) is 12.5 Å². The Morgan fingerprint density at radius 1 is 0.950 bits per heavy atom. The summed E-state index contributed by atoms with van der Waals surface area (Å²) in [4.78, 5) is 4.65. The second-order valence-electron chi connectivity index (χ2n) is 4.87. The summed E-state index contributed by atoms with van der Waals surface area (Å²) in [5.41, 5.74) is 9.43. The summed E-state index contributed by atoms with van der Waals surface area (Å²) in [6, 6.07) is 20.4. The number of hydrogen-bond donors (Lipinski definition) is 1. The molecule has 0 saturated carbocycles. The van der Waals surface area contributed by atoms with Gasteiger partial charge in [-0.05, 0) is 36.2 Å². The number of hydrogen-bond acceptors (Lipinski definition) is 2. The molecule has 1 heterocycles. The zero-order valence-corrected chi connectivity index (χ0v) is 12.5. The van der Waals surface area contributed by atoms with Crippen LogP contribution in [0.25, 0.3) is 10.9 Å². The number of rotatable bonds is 3. The molecule has 0 aliphatic rings. The maximum Gasteiger partial charge on any atom is 0.0706 e. The molecule has 20 heavy (non-hydrogen) atoms. The van der Waals surface area contributed by atoms with Crippen molar-refractivity contribution in [1.82, 2.24) is 4.98 Å². The van der Waals surface area contributed by atoms with E-state index in [1.807, 2.05) is 36.4 Å². The Bertz CT molecular complexity index is 722. The predicted molar refractivity (Wildman–Crippen MR) is 86.5 cm³/mol. The fourth-order valence-electron chi connectivity index (χ4n) is 2.27. The molecule has 0 amide bonds. The van der Waals surface area contributed by atoms with E-state index in [-0.39, 0.29) is 6.04 Å². The van der Waals surface area contributed by atoms with Gasteiger partial charge in [-0.2, -0.15) is 0 Å². The van der Waals surface area contributed by atoms with Crippen LogP contribution >= 0.6 is 15.9 Å². The van der Waals surface area contributed by atoms with Gasteiger partial charge in [0, 0.05) is 9.86 Å². The lowest BCUT2D eigenvalue weighted by Gasteiger charge is -2.12. The Labute approximate surface area is 126 Å². The largest absolute Gasteiger partial charge is 0.322 e. The van der Waals surface area contributed by atoms with Crippen molar-refractivity contribution in [3.63, 3.8) is 0 Å². The van der Waals surface area contributed by atoms with Gasteiger partial charge in [-0.1, -0.05) is 52.3 Å². The summed E-state index contributed by atoms with van der Waals surface area (Å²) in [6.07, 6.45) is 0.790. The Balaban J connectivity index is 1.84. The normalized spacial score (nSPS) is 12.5. The van der Waals surface area contributed by atoms with Crippen molar-refractivity contribution in [2.75, 3.05) is 0 Å². The minimum absolute atomic E-state index is 0.0826. The fraction of sp³-hybridized carbons (Fsp3) is 0.118. The highest BCUT2D eigenvalue weighted by atomic mass is 79.9. The molecule has 0 fully saturated rings. The van der Waals surface area contributed by atoms with Gasteiger partial charge in [0.15, 0.2) is 0 Å². The number of nitrogens with zero attached hydrogens (tertiary/aromatic N) is 1. The smallest absolute Gasteiger partial charge is 0.0706 e. The molecule has 0 bridgehead atoms. The minimum atomic E-state index is -0.0826. The first-order valence-corrected chi connectivity index (χ1v) is 7.37. The third kappa shape index (κ3) is 2.89. The molecule has 100 valence electrons. The lowest BCUT2D eigenvalue weighted by Crippen LogP contribution is -2.14. The molecule has 0 radical (unpaired) electrons. The van der Waals surface area contributed by atoms with Gasteiger partial charge in [0.25, 0.3) is 0 Å². The van der Waals surface area contributed by atoms with E-state index < -0.39 is 0 Å². The van der Waals surface area contributed by atoms with Gasteiger partial charge < -0.3 is 5.73 Å². The number of para-hydroxylation sites is 1. The zero-order valence-electron chi connectivity index (χ0n) is 11.0. The molecule has 1 atom stereocenters. The first-order chi connectivity index (χ1) is 9.72. The molecule has 2 N–H and O–H groups in total. The van der Waals surface area contributed by atoms with Gasteiger partial charge >= 0.3 is 0 Å². The summed E-state index contributed by atoms with van der Waals surface area (Å²) in [5.74, 6) is 0. The van der Waals surface area contributed by atoms with E-state index in [1.54, 1.807) is 0 Å². The second kappa shape index (κ2) is 5.73. The number of pyridine rings is 1. The summed E-state index contributed by atoms with van der Waals surface area (Å²) in [7, 11) is 0. The minimum Gasteiger partial charge on any atom is -0.322 e. The molecule has 0 spiro atoms. The first-order valence-electron chi connectivity index (χ1n) is 6.58. The van der Waals surface area contributed by atoms with E-state index in [9.17, 15) is 0 Å². The summed E-state index contributed by atoms with van der Waals surface area (Å²) < 4.78 is 1.08. The van der Waals surface area contributed by atoms with Crippen LogP contribution in [0.2, 0.25) is 0 Å². The standard InChI is InChI=1S/C17H15BrN2/c18-14-8-5-12(6-9-14)11-15(19)17-10-7-13-3-1-2-4-16(13)20-17/h1-10,15H,11,19H2. The van der Waals surface area contributed by atoms with Crippen molar-refractivity contribution in [3.8, 4) is 0 Å². The van der Waals surface area contributed by atoms with E-state index in [2.05, 4.69) is 45.2 Å². The lowest BCUT2D eigenvalue weighted by atomic mass is 10.0. The molecule has 1 unspecified atom stereocenters. The van der Waals surface area contributed by atoms with Gasteiger partial charge in [-0.15, -0.1) is 0 Å². The number of fused-ring (bicyclic) bond motifs is 1. The molecule has 3 rings (SSSR count). The third-order valence-electron chi connectivity index (χ3n) is 3.37. The quantitative estimate of drug-likeness (QED) is 0.781. The summed E-state index contributed by atoms with van der Waals surface area (Å²) >= 11 is 3.44. The van der Waals surface area contributed by atoms with Crippen molar-refractivity contribution < 1.29 is 0 Å². The Hall–Kier alpha value is -1.71. The molecule has 0 aliphatic carbocycles. The van der Waals surface area contributed by atoms with Crippen molar-refractivity contribution >= 4 is 26.8 Å². The third-order valence-corrected chi connectivity index (χ3v) is 3.90. The number of halogens is 1. The molecular formula is C17H15BrN2. The van der Waals surface area contributed by atoms with Gasteiger partial charge in [0.2, 0.25) is 0 Å². The van der Waals surface area contributed by atoms with Crippen molar-refractivity contribution in [1.29, 1.82) is 0 Å². The average Bonchev–Trinajstić information content (AvgIpc) is 2.49. The van der Waals surface area contributed by atoms with E-state index in [4.69, 9.17) is 5.73 Å². The van der Waals surface area contributed by atoms with Crippen LogP contribution in [-0.4, -0.2) is 4.98 Å². The van der Waals surface area contributed by atoms with E-state index in [0.29, 0.717) is 0 Å². The van der Waals surface area contributed by atoms with Gasteiger partial charge in [0.1, 0.15) is 0 Å².